The van der Waals surface area contributed by atoms with Crippen molar-refractivity contribution in [2.45, 2.75) is 18.6 Å². The fourth-order valence-electron chi connectivity index (χ4n) is 4.05. The molecule has 1 unspecified atom stereocenters. The molecule has 8 heteroatoms. The fraction of sp³-hybridized carbons (Fsp3) is 0.292. The van der Waals surface area contributed by atoms with Crippen molar-refractivity contribution < 1.29 is 14.3 Å². The molecule has 1 saturated heterocycles. The summed E-state index contributed by atoms with van der Waals surface area (Å²) in [5.41, 5.74) is 6.74. The normalized spacial score (nSPS) is 19.1. The van der Waals surface area contributed by atoms with Crippen LogP contribution >= 0.6 is 23.2 Å². The Kier molecular flexibility index (Phi) is 7.06. The highest BCUT2D eigenvalue weighted by Gasteiger charge is 2.39. The molecule has 0 bridgehead atoms. The minimum absolute atomic E-state index is 0.0651. The van der Waals surface area contributed by atoms with Crippen molar-refractivity contribution in [3.8, 4) is 11.4 Å². The van der Waals surface area contributed by atoms with Gasteiger partial charge in [0.2, 0.25) is 5.91 Å². The maximum Gasteiger partial charge on any atom is 0.220 e. The third kappa shape index (κ3) is 5.45. The molecule has 2 aromatic carbocycles. The van der Waals surface area contributed by atoms with Gasteiger partial charge in [-0.2, -0.15) is 0 Å². The molecule has 168 valence electrons. The van der Waals surface area contributed by atoms with E-state index in [0.29, 0.717) is 35.5 Å². The van der Waals surface area contributed by atoms with E-state index < -0.39 is 11.5 Å². The first-order chi connectivity index (χ1) is 15.4. The molecular formula is C24H25Cl2N3O3. The Hall–Kier alpha value is -2.51. The first kappa shape index (κ1) is 22.7. The van der Waals surface area contributed by atoms with Crippen LogP contribution < -0.4 is 10.5 Å². The Morgan fingerprint density at radius 2 is 1.97 bits per heavy atom. The highest BCUT2D eigenvalue weighted by Crippen LogP contribution is 2.28. The number of rotatable bonds is 8. The summed E-state index contributed by atoms with van der Waals surface area (Å²) in [6, 6.07) is 18.9. The van der Waals surface area contributed by atoms with Crippen LogP contribution in [0.5, 0.6) is 5.75 Å². The SMILES string of the molecule is NC(=O)CC1(COc2cccc(Cl)c2)CN(Cc2cccn2-c2ccccc2Cl)CCO1. The number of hydrogen-bond acceptors (Lipinski definition) is 4. The Labute approximate surface area is 197 Å². The molecule has 0 aliphatic carbocycles. The van der Waals surface area contributed by atoms with Gasteiger partial charge in [-0.3, -0.25) is 9.69 Å². The average Bonchev–Trinajstić information content (AvgIpc) is 3.20. The molecule has 0 saturated carbocycles. The molecule has 0 radical (unpaired) electrons. The lowest BCUT2D eigenvalue weighted by molar-refractivity contribution is -0.148. The van der Waals surface area contributed by atoms with Crippen LogP contribution in [0.2, 0.25) is 10.0 Å². The van der Waals surface area contributed by atoms with Crippen LogP contribution in [0.3, 0.4) is 0 Å². The van der Waals surface area contributed by atoms with Gasteiger partial charge in [-0.05, 0) is 42.5 Å². The van der Waals surface area contributed by atoms with Gasteiger partial charge < -0.3 is 19.8 Å². The van der Waals surface area contributed by atoms with E-state index in [1.807, 2.05) is 48.7 Å². The van der Waals surface area contributed by atoms with Crippen molar-refractivity contribution in [3.05, 3.63) is 82.6 Å². The lowest BCUT2D eigenvalue weighted by atomic mass is 9.97. The molecule has 0 spiro atoms. The van der Waals surface area contributed by atoms with Crippen LogP contribution in [0.4, 0.5) is 0 Å². The number of nitrogens with zero attached hydrogens (tertiary/aromatic N) is 2. The number of benzene rings is 2. The largest absolute Gasteiger partial charge is 0.490 e. The third-order valence-electron chi connectivity index (χ3n) is 5.45. The zero-order valence-corrected chi connectivity index (χ0v) is 19.1. The fourth-order valence-corrected chi connectivity index (χ4v) is 4.46. The van der Waals surface area contributed by atoms with E-state index in [4.69, 9.17) is 38.4 Å². The summed E-state index contributed by atoms with van der Waals surface area (Å²) < 4.78 is 14.1. The topological polar surface area (TPSA) is 69.7 Å². The standard InChI is InChI=1S/C24H25Cl2N3O3/c25-18-5-3-7-20(13-18)31-17-24(14-23(27)30)16-28(11-12-32-24)15-19-6-4-10-29(19)22-9-2-1-8-21(22)26/h1-10,13H,11-12,14-17H2,(H2,27,30). The molecule has 1 amide bonds. The first-order valence-electron chi connectivity index (χ1n) is 10.4. The number of primary amides is 1. The first-order valence-corrected chi connectivity index (χ1v) is 11.1. The van der Waals surface area contributed by atoms with Crippen LogP contribution in [0, 0.1) is 0 Å². The second-order valence-electron chi connectivity index (χ2n) is 7.95. The van der Waals surface area contributed by atoms with E-state index in [9.17, 15) is 4.79 Å². The number of aromatic nitrogens is 1. The van der Waals surface area contributed by atoms with Gasteiger partial charge in [0.1, 0.15) is 18.0 Å². The number of morpholine rings is 1. The van der Waals surface area contributed by atoms with Crippen molar-refractivity contribution in [2.24, 2.45) is 5.73 Å². The van der Waals surface area contributed by atoms with E-state index in [1.165, 1.54) is 0 Å². The zero-order valence-electron chi connectivity index (χ0n) is 17.5. The summed E-state index contributed by atoms with van der Waals surface area (Å²) in [6.45, 7) is 2.56. The molecule has 1 aromatic heterocycles. The summed E-state index contributed by atoms with van der Waals surface area (Å²) in [5.74, 6) is 0.190. The number of amides is 1. The summed E-state index contributed by atoms with van der Waals surface area (Å²) in [7, 11) is 0. The van der Waals surface area contributed by atoms with Gasteiger partial charge in [-0.15, -0.1) is 0 Å². The maximum absolute atomic E-state index is 11.9. The van der Waals surface area contributed by atoms with E-state index in [-0.39, 0.29) is 13.0 Å². The van der Waals surface area contributed by atoms with Crippen molar-refractivity contribution in [1.82, 2.24) is 9.47 Å². The van der Waals surface area contributed by atoms with Gasteiger partial charge in [-0.25, -0.2) is 0 Å². The summed E-state index contributed by atoms with van der Waals surface area (Å²) in [4.78, 5) is 14.1. The number of carbonyl (C=O) groups excluding carboxylic acids is 1. The summed E-state index contributed by atoms with van der Waals surface area (Å²) in [5, 5.41) is 1.27. The van der Waals surface area contributed by atoms with Gasteiger partial charge in [0.05, 0.1) is 23.7 Å². The molecule has 2 heterocycles. The highest BCUT2D eigenvalue weighted by molar-refractivity contribution is 6.32. The Bertz CT molecular complexity index is 1090. The van der Waals surface area contributed by atoms with Crippen molar-refractivity contribution in [1.29, 1.82) is 0 Å². The van der Waals surface area contributed by atoms with Gasteiger partial charge >= 0.3 is 0 Å². The molecule has 6 nitrogen and oxygen atoms in total. The predicted octanol–water partition coefficient (Wildman–Crippen LogP) is 4.31. The lowest BCUT2D eigenvalue weighted by Gasteiger charge is -2.42. The van der Waals surface area contributed by atoms with Crippen LogP contribution in [0.1, 0.15) is 12.1 Å². The Morgan fingerprint density at radius 1 is 1.12 bits per heavy atom. The smallest absolute Gasteiger partial charge is 0.220 e. The van der Waals surface area contributed by atoms with Crippen molar-refractivity contribution in [2.75, 3.05) is 26.3 Å². The molecular weight excluding hydrogens is 449 g/mol. The number of halogens is 2. The number of nitrogens with two attached hydrogens (primary N) is 1. The zero-order chi connectivity index (χ0) is 22.6. The number of carbonyl (C=O) groups is 1. The molecule has 1 aliphatic heterocycles. The van der Waals surface area contributed by atoms with Crippen LogP contribution in [0.25, 0.3) is 5.69 Å². The highest BCUT2D eigenvalue weighted by atomic mass is 35.5. The second-order valence-corrected chi connectivity index (χ2v) is 8.80. The van der Waals surface area contributed by atoms with Gasteiger partial charge in [0, 0.05) is 36.5 Å². The van der Waals surface area contributed by atoms with Gasteiger partial charge in [-0.1, -0.05) is 41.4 Å². The monoisotopic (exact) mass is 473 g/mol. The molecule has 1 atom stereocenters. The van der Waals surface area contributed by atoms with Crippen molar-refractivity contribution >= 4 is 29.1 Å². The number of hydrogen-bond donors (Lipinski definition) is 1. The van der Waals surface area contributed by atoms with E-state index in [1.54, 1.807) is 12.1 Å². The Balaban J connectivity index is 1.51. The van der Waals surface area contributed by atoms with E-state index in [2.05, 4.69) is 15.5 Å². The minimum Gasteiger partial charge on any atom is -0.490 e. The molecule has 1 aliphatic rings. The predicted molar refractivity (Wildman–Crippen MR) is 125 cm³/mol. The molecule has 1 fully saturated rings. The maximum atomic E-state index is 11.9. The second kappa shape index (κ2) is 9.96. The van der Waals surface area contributed by atoms with Gasteiger partial charge in [0.15, 0.2) is 0 Å². The van der Waals surface area contributed by atoms with Crippen LogP contribution in [-0.2, 0) is 16.1 Å². The van der Waals surface area contributed by atoms with Crippen LogP contribution in [-0.4, -0.2) is 47.3 Å². The Morgan fingerprint density at radius 3 is 2.75 bits per heavy atom. The number of para-hydroxylation sites is 1. The lowest BCUT2D eigenvalue weighted by Crippen LogP contribution is -2.56. The third-order valence-corrected chi connectivity index (χ3v) is 6.01. The van der Waals surface area contributed by atoms with E-state index >= 15 is 0 Å². The minimum atomic E-state index is -0.839. The molecule has 4 rings (SSSR count). The molecule has 32 heavy (non-hydrogen) atoms. The van der Waals surface area contributed by atoms with Crippen molar-refractivity contribution in [3.63, 3.8) is 0 Å². The summed E-state index contributed by atoms with van der Waals surface area (Å²) >= 11 is 12.5. The van der Waals surface area contributed by atoms with Crippen LogP contribution in [0.15, 0.2) is 66.9 Å². The molecule has 3 aromatic rings. The van der Waals surface area contributed by atoms with E-state index in [0.717, 1.165) is 17.9 Å². The molecule has 2 N–H and O–H groups in total. The quantitative estimate of drug-likeness (QED) is 0.529. The van der Waals surface area contributed by atoms with Gasteiger partial charge in [0.25, 0.3) is 0 Å². The summed E-state index contributed by atoms with van der Waals surface area (Å²) in [6.07, 6.45) is 2.06. The average molecular weight is 474 g/mol. The number of ether oxygens (including phenoxy) is 2.